The van der Waals surface area contributed by atoms with Crippen LogP contribution in [0.5, 0.6) is 0 Å². The van der Waals surface area contributed by atoms with Crippen LogP contribution in [0.1, 0.15) is 0 Å². The number of hydrogen-bond donors (Lipinski definition) is 2. The summed E-state index contributed by atoms with van der Waals surface area (Å²) in [7, 11) is 0. The van der Waals surface area contributed by atoms with Crippen LogP contribution in [0.3, 0.4) is 0 Å². The van der Waals surface area contributed by atoms with Gasteiger partial charge in [-0.3, -0.25) is 4.79 Å². The minimum Gasteiger partial charge on any atom is -0.322 e. The molecule has 0 saturated carbocycles. The molecule has 0 saturated heterocycles. The summed E-state index contributed by atoms with van der Waals surface area (Å²) in [5, 5.41) is 5.64. The molecule has 0 bridgehead atoms. The third-order valence-electron chi connectivity index (χ3n) is 2.54. The molecule has 2 rings (SSSR count). The largest absolute Gasteiger partial charge is 0.322 e. The van der Waals surface area contributed by atoms with Crippen LogP contribution in [0.2, 0.25) is 0 Å². The Bertz CT molecular complexity index is 566. The van der Waals surface area contributed by atoms with Crippen molar-refractivity contribution in [1.29, 1.82) is 0 Å². The highest BCUT2D eigenvalue weighted by Gasteiger charge is 2.03. The molecule has 1 aromatic heterocycles. The predicted octanol–water partition coefficient (Wildman–Crippen LogP) is 1.86. The Morgan fingerprint density at radius 3 is 2.55 bits per heavy atom. The quantitative estimate of drug-likeness (QED) is 0.620. The molecular weight excluding hydrogens is 252 g/mol. The Kier molecular flexibility index (Phi) is 4.97. The lowest BCUT2D eigenvalue weighted by molar-refractivity contribution is -0.115. The van der Waals surface area contributed by atoms with E-state index in [1.807, 2.05) is 30.3 Å². The van der Waals surface area contributed by atoms with Crippen LogP contribution in [0.4, 0.5) is 5.69 Å². The Hall–Kier alpha value is -2.53. The van der Waals surface area contributed by atoms with Gasteiger partial charge in [-0.1, -0.05) is 36.4 Å². The van der Waals surface area contributed by atoms with Gasteiger partial charge in [0.25, 0.3) is 0 Å². The highest BCUT2D eigenvalue weighted by Crippen LogP contribution is 2.14. The number of benzene rings is 1. The molecule has 0 atom stereocenters. The Morgan fingerprint density at radius 1 is 1.20 bits per heavy atom. The molecule has 5 nitrogen and oxygen atoms in total. The number of hydrogen-bond acceptors (Lipinski definition) is 4. The number of nitrogens with one attached hydrogen (secondary N) is 2. The lowest BCUT2D eigenvalue weighted by atomic mass is 10.2. The van der Waals surface area contributed by atoms with E-state index in [4.69, 9.17) is 0 Å². The normalized spacial score (nSPS) is 10.0. The lowest BCUT2D eigenvalue weighted by Gasteiger charge is -2.05. The molecule has 0 aliphatic rings. The monoisotopic (exact) mass is 268 g/mol. The minimum atomic E-state index is -0.136. The van der Waals surface area contributed by atoms with Gasteiger partial charge in [0.2, 0.25) is 5.91 Å². The summed E-state index contributed by atoms with van der Waals surface area (Å²) >= 11 is 0. The van der Waals surface area contributed by atoms with Crippen LogP contribution in [0, 0.1) is 0 Å². The molecular formula is C15H16N4O. The maximum atomic E-state index is 11.6. The van der Waals surface area contributed by atoms with Crippen molar-refractivity contribution in [2.45, 2.75) is 0 Å². The molecule has 0 spiro atoms. The molecule has 0 radical (unpaired) electrons. The molecule has 102 valence electrons. The molecule has 0 aliphatic carbocycles. The van der Waals surface area contributed by atoms with Crippen LogP contribution in [0.15, 0.2) is 55.4 Å². The van der Waals surface area contributed by atoms with E-state index in [0.717, 1.165) is 5.56 Å². The van der Waals surface area contributed by atoms with Crippen molar-refractivity contribution in [3.63, 3.8) is 0 Å². The first-order chi connectivity index (χ1) is 9.79. The van der Waals surface area contributed by atoms with Crippen LogP contribution < -0.4 is 10.6 Å². The van der Waals surface area contributed by atoms with E-state index in [1.54, 1.807) is 18.5 Å². The highest BCUT2D eigenvalue weighted by atomic mass is 16.1. The Labute approximate surface area is 117 Å². The molecule has 1 heterocycles. The average molecular weight is 268 g/mol. The minimum absolute atomic E-state index is 0.136. The number of carbonyl (C=O) groups is 1. The van der Waals surface area contributed by atoms with Gasteiger partial charge in [0, 0.05) is 12.1 Å². The molecule has 20 heavy (non-hydrogen) atoms. The second-order valence-electron chi connectivity index (χ2n) is 4.13. The van der Waals surface area contributed by atoms with Crippen molar-refractivity contribution in [2.24, 2.45) is 0 Å². The van der Waals surface area contributed by atoms with E-state index in [-0.39, 0.29) is 12.5 Å². The summed E-state index contributed by atoms with van der Waals surface area (Å²) in [4.78, 5) is 20.1. The maximum Gasteiger partial charge on any atom is 0.238 e. The van der Waals surface area contributed by atoms with Gasteiger partial charge in [-0.2, -0.15) is 0 Å². The summed E-state index contributed by atoms with van der Waals surface area (Å²) in [6, 6.07) is 9.67. The van der Waals surface area contributed by atoms with Gasteiger partial charge in [-0.25, -0.2) is 9.97 Å². The van der Waals surface area contributed by atoms with Gasteiger partial charge < -0.3 is 10.6 Å². The fraction of sp³-hybridized carbons (Fsp3) is 0.133. The van der Waals surface area contributed by atoms with Gasteiger partial charge in [0.1, 0.15) is 0 Å². The first-order valence-electron chi connectivity index (χ1n) is 6.28. The third-order valence-corrected chi connectivity index (χ3v) is 2.54. The first-order valence-corrected chi connectivity index (χ1v) is 6.28. The van der Waals surface area contributed by atoms with Gasteiger partial charge in [-0.15, -0.1) is 6.58 Å². The number of aromatic nitrogens is 2. The molecule has 5 heteroatoms. The van der Waals surface area contributed by atoms with Gasteiger partial charge >= 0.3 is 0 Å². The predicted molar refractivity (Wildman–Crippen MR) is 79.2 cm³/mol. The smallest absolute Gasteiger partial charge is 0.238 e. The van der Waals surface area contributed by atoms with Gasteiger partial charge in [-0.05, 0) is 0 Å². The van der Waals surface area contributed by atoms with Crippen molar-refractivity contribution in [1.82, 2.24) is 15.3 Å². The van der Waals surface area contributed by atoms with Crippen LogP contribution in [-0.2, 0) is 4.79 Å². The number of anilines is 1. The summed E-state index contributed by atoms with van der Waals surface area (Å²) in [6.45, 7) is 4.39. The van der Waals surface area contributed by atoms with E-state index >= 15 is 0 Å². The van der Waals surface area contributed by atoms with E-state index in [1.165, 1.54) is 0 Å². The zero-order chi connectivity index (χ0) is 14.2. The summed E-state index contributed by atoms with van der Waals surface area (Å²) in [5.74, 6) is 0.497. The second-order valence-corrected chi connectivity index (χ2v) is 4.13. The van der Waals surface area contributed by atoms with Crippen LogP contribution in [-0.4, -0.2) is 29.0 Å². The maximum absolute atomic E-state index is 11.6. The zero-order valence-electron chi connectivity index (χ0n) is 11.0. The third kappa shape index (κ3) is 4.00. The molecule has 0 aliphatic heterocycles. The number of nitrogens with zero attached hydrogens (tertiary/aromatic N) is 2. The zero-order valence-corrected chi connectivity index (χ0v) is 11.0. The highest BCUT2D eigenvalue weighted by molar-refractivity contribution is 5.91. The Morgan fingerprint density at radius 2 is 1.90 bits per heavy atom. The Balaban J connectivity index is 1.95. The topological polar surface area (TPSA) is 66.9 Å². The molecule has 0 fully saturated rings. The fourth-order valence-corrected chi connectivity index (χ4v) is 1.62. The van der Waals surface area contributed by atoms with Gasteiger partial charge in [0.05, 0.1) is 24.6 Å². The number of amides is 1. The van der Waals surface area contributed by atoms with E-state index in [9.17, 15) is 4.79 Å². The molecule has 0 unspecified atom stereocenters. The van der Waals surface area contributed by atoms with Crippen LogP contribution in [0.25, 0.3) is 11.4 Å². The van der Waals surface area contributed by atoms with Crippen molar-refractivity contribution < 1.29 is 4.79 Å². The SMILES string of the molecule is C=CCNCC(=O)Nc1cnc(-c2ccccc2)nc1. The van der Waals surface area contributed by atoms with Gasteiger partial charge in [0.15, 0.2) is 5.82 Å². The molecule has 2 N–H and O–H groups in total. The second kappa shape index (κ2) is 7.16. The van der Waals surface area contributed by atoms with Crippen molar-refractivity contribution in [3.8, 4) is 11.4 Å². The van der Waals surface area contributed by atoms with Crippen molar-refractivity contribution in [2.75, 3.05) is 18.4 Å². The van der Waals surface area contributed by atoms with E-state index in [2.05, 4.69) is 27.2 Å². The molecule has 1 aromatic carbocycles. The standard InChI is InChI=1S/C15H16N4O/c1-2-8-16-11-14(20)19-13-9-17-15(18-10-13)12-6-4-3-5-7-12/h2-7,9-10,16H,1,8,11H2,(H,19,20). The summed E-state index contributed by atoms with van der Waals surface area (Å²) in [5.41, 5.74) is 1.52. The average Bonchev–Trinajstić information content (AvgIpc) is 2.49. The number of rotatable bonds is 6. The number of carbonyl (C=O) groups excluding carboxylic acids is 1. The summed E-state index contributed by atoms with van der Waals surface area (Å²) < 4.78 is 0. The first kappa shape index (κ1) is 13.9. The van der Waals surface area contributed by atoms with Crippen molar-refractivity contribution >= 4 is 11.6 Å². The van der Waals surface area contributed by atoms with E-state index < -0.39 is 0 Å². The molecule has 2 aromatic rings. The fourth-order valence-electron chi connectivity index (χ4n) is 1.62. The lowest BCUT2D eigenvalue weighted by Crippen LogP contribution is -2.28. The molecule has 1 amide bonds. The van der Waals surface area contributed by atoms with Crippen molar-refractivity contribution in [3.05, 3.63) is 55.4 Å². The summed E-state index contributed by atoms with van der Waals surface area (Å²) in [6.07, 6.45) is 4.90. The van der Waals surface area contributed by atoms with Crippen LogP contribution >= 0.6 is 0 Å². The van der Waals surface area contributed by atoms with E-state index in [0.29, 0.717) is 18.1 Å².